The summed E-state index contributed by atoms with van der Waals surface area (Å²) in [4.78, 5) is 29.6. The number of methoxy groups -OCH3 is 2. The van der Waals surface area contributed by atoms with Gasteiger partial charge >= 0.3 is 0 Å². The number of piperidine rings is 1. The van der Waals surface area contributed by atoms with Crippen molar-refractivity contribution in [2.75, 3.05) is 40.4 Å². The van der Waals surface area contributed by atoms with Gasteiger partial charge in [0.25, 0.3) is 5.91 Å². The van der Waals surface area contributed by atoms with Gasteiger partial charge in [-0.2, -0.15) is 0 Å². The summed E-state index contributed by atoms with van der Waals surface area (Å²) in [5.41, 5.74) is 1.94. The van der Waals surface area contributed by atoms with Crippen LogP contribution in [0.4, 0.5) is 0 Å². The summed E-state index contributed by atoms with van der Waals surface area (Å²) < 4.78 is 15.7. The van der Waals surface area contributed by atoms with Crippen molar-refractivity contribution in [3.63, 3.8) is 0 Å². The van der Waals surface area contributed by atoms with Crippen molar-refractivity contribution in [3.05, 3.63) is 45.8 Å². The molecule has 2 saturated heterocycles. The second-order valence-electron chi connectivity index (χ2n) is 9.04. The van der Waals surface area contributed by atoms with Gasteiger partial charge in [0.2, 0.25) is 5.91 Å². The van der Waals surface area contributed by atoms with Gasteiger partial charge in [0, 0.05) is 32.3 Å². The molecule has 0 radical (unpaired) electrons. The normalized spacial score (nSPS) is 17.6. The summed E-state index contributed by atoms with van der Waals surface area (Å²) in [5.74, 6) is 1.47. The minimum Gasteiger partial charge on any atom is -0.493 e. The average Bonchev–Trinajstić information content (AvgIpc) is 3.40. The molecule has 34 heavy (non-hydrogen) atoms. The second kappa shape index (κ2) is 9.70. The van der Waals surface area contributed by atoms with E-state index in [2.05, 4.69) is 5.16 Å². The fourth-order valence-corrected chi connectivity index (χ4v) is 5.26. The molecule has 2 aliphatic heterocycles. The maximum Gasteiger partial charge on any atom is 0.259 e. The summed E-state index contributed by atoms with van der Waals surface area (Å²) >= 11 is 6.43. The minimum atomic E-state index is -0.0445. The third kappa shape index (κ3) is 4.51. The lowest BCUT2D eigenvalue weighted by Gasteiger charge is -2.39. The van der Waals surface area contributed by atoms with E-state index < -0.39 is 0 Å². The Morgan fingerprint density at radius 2 is 1.76 bits per heavy atom. The third-order valence-corrected chi connectivity index (χ3v) is 7.42. The number of aromatic nitrogens is 1. The highest BCUT2D eigenvalue weighted by molar-refractivity contribution is 6.33. The topological polar surface area (TPSA) is 85.1 Å². The second-order valence-corrected chi connectivity index (χ2v) is 9.42. The maximum absolute atomic E-state index is 12.9. The number of halogens is 1. The van der Waals surface area contributed by atoms with Gasteiger partial charge in [-0.3, -0.25) is 9.59 Å². The zero-order valence-corrected chi connectivity index (χ0v) is 20.8. The van der Waals surface area contributed by atoms with Gasteiger partial charge in [-0.1, -0.05) is 16.8 Å². The van der Waals surface area contributed by atoms with E-state index >= 15 is 0 Å². The summed E-state index contributed by atoms with van der Waals surface area (Å²) in [5, 5.41) is 4.30. The fourth-order valence-electron chi connectivity index (χ4n) is 4.96. The van der Waals surface area contributed by atoms with Crippen LogP contribution in [0.15, 0.2) is 22.7 Å². The third-order valence-electron chi connectivity index (χ3n) is 7.03. The Balaban J connectivity index is 1.37. The molecule has 182 valence electrons. The minimum absolute atomic E-state index is 0.0215. The summed E-state index contributed by atoms with van der Waals surface area (Å²) in [6, 6.07) is 3.56. The molecule has 0 N–H and O–H groups in total. The van der Waals surface area contributed by atoms with E-state index in [1.54, 1.807) is 45.2 Å². The Hall–Kier alpha value is -3.00. The first kappa shape index (κ1) is 24.1. The molecule has 9 heteroatoms. The number of hydrogen-bond donors (Lipinski definition) is 0. The molecule has 2 fully saturated rings. The fraction of sp³-hybridized carbons (Fsp3) is 0.480. The molecule has 3 heterocycles. The van der Waals surface area contributed by atoms with Crippen molar-refractivity contribution < 1.29 is 23.6 Å². The van der Waals surface area contributed by atoms with Crippen molar-refractivity contribution in [2.45, 2.75) is 33.1 Å². The van der Waals surface area contributed by atoms with Gasteiger partial charge in [-0.25, -0.2) is 0 Å². The number of aryl methyl sites for hydroxylation is 2. The molecule has 1 aromatic heterocycles. The van der Waals surface area contributed by atoms with Crippen LogP contribution in [0.5, 0.6) is 11.5 Å². The van der Waals surface area contributed by atoms with Gasteiger partial charge < -0.3 is 23.8 Å². The van der Waals surface area contributed by atoms with Crippen molar-refractivity contribution in [1.29, 1.82) is 0 Å². The molecule has 4 rings (SSSR count). The van der Waals surface area contributed by atoms with E-state index in [9.17, 15) is 9.59 Å². The van der Waals surface area contributed by atoms with Gasteiger partial charge in [0.05, 0.1) is 24.9 Å². The lowest BCUT2D eigenvalue weighted by molar-refractivity contribution is -0.125. The van der Waals surface area contributed by atoms with E-state index in [1.165, 1.54) is 7.11 Å². The summed E-state index contributed by atoms with van der Waals surface area (Å²) in [6.45, 7) is 6.30. The molecule has 0 aliphatic carbocycles. The number of carbonyl (C=O) groups excluding carboxylic acids is 2. The molecule has 2 amide bonds. The highest BCUT2D eigenvalue weighted by Gasteiger charge is 2.42. The first-order chi connectivity index (χ1) is 16.3. The lowest BCUT2D eigenvalue weighted by Crippen LogP contribution is -2.44. The largest absolute Gasteiger partial charge is 0.493 e. The van der Waals surface area contributed by atoms with E-state index in [0.29, 0.717) is 65.3 Å². The summed E-state index contributed by atoms with van der Waals surface area (Å²) in [6.07, 6.45) is 5.95. The van der Waals surface area contributed by atoms with Crippen LogP contribution in [0.2, 0.25) is 5.02 Å². The number of ether oxygens (including phenoxy) is 2. The molecule has 0 unspecified atom stereocenters. The highest BCUT2D eigenvalue weighted by Crippen LogP contribution is 2.41. The van der Waals surface area contributed by atoms with Gasteiger partial charge in [0.1, 0.15) is 11.3 Å². The predicted octanol–water partition coefficient (Wildman–Crippen LogP) is 4.13. The van der Waals surface area contributed by atoms with Gasteiger partial charge in [0.15, 0.2) is 11.5 Å². The van der Waals surface area contributed by atoms with Gasteiger partial charge in [-0.05, 0) is 62.3 Å². The van der Waals surface area contributed by atoms with Crippen LogP contribution in [0.25, 0.3) is 6.08 Å². The number of rotatable bonds is 5. The molecule has 1 aromatic carbocycles. The standard InChI is InChI=1S/C25H30ClN3O5/c1-16-21(17(2)34-27-16)24(31)28-12-9-25(10-13-28)11-14-29(15-25)20(30)8-6-18-5-7-19(32-3)23(33-4)22(18)26/h5-8H,9-15H2,1-4H3. The van der Waals surface area contributed by atoms with E-state index in [-0.39, 0.29) is 17.2 Å². The molecule has 2 aliphatic rings. The number of hydrogen-bond acceptors (Lipinski definition) is 6. The van der Waals surface area contributed by atoms with Crippen LogP contribution in [-0.4, -0.2) is 67.2 Å². The lowest BCUT2D eigenvalue weighted by atomic mass is 9.77. The van der Waals surface area contributed by atoms with Crippen molar-refractivity contribution in [3.8, 4) is 11.5 Å². The van der Waals surface area contributed by atoms with Crippen molar-refractivity contribution >= 4 is 29.5 Å². The van der Waals surface area contributed by atoms with Crippen LogP contribution < -0.4 is 9.47 Å². The van der Waals surface area contributed by atoms with Crippen LogP contribution in [0.1, 0.15) is 46.6 Å². The Labute approximate surface area is 204 Å². The Kier molecular flexibility index (Phi) is 6.89. The van der Waals surface area contributed by atoms with Crippen LogP contribution in [-0.2, 0) is 4.79 Å². The van der Waals surface area contributed by atoms with E-state index in [1.807, 2.05) is 9.80 Å². The number of benzene rings is 1. The van der Waals surface area contributed by atoms with Crippen molar-refractivity contribution in [1.82, 2.24) is 15.0 Å². The molecule has 0 saturated carbocycles. The predicted molar refractivity (Wildman–Crippen MR) is 128 cm³/mol. The number of likely N-dealkylation sites (tertiary alicyclic amines) is 2. The monoisotopic (exact) mass is 487 g/mol. The molecule has 2 aromatic rings. The number of amides is 2. The molecule has 8 nitrogen and oxygen atoms in total. The number of nitrogens with zero attached hydrogens (tertiary/aromatic N) is 3. The van der Waals surface area contributed by atoms with Gasteiger partial charge in [-0.15, -0.1) is 0 Å². The van der Waals surface area contributed by atoms with E-state index in [0.717, 1.165) is 19.3 Å². The van der Waals surface area contributed by atoms with Crippen LogP contribution >= 0.6 is 11.6 Å². The molecule has 0 atom stereocenters. The molecular formula is C25H30ClN3O5. The Bertz CT molecular complexity index is 1100. The van der Waals surface area contributed by atoms with Crippen LogP contribution in [0, 0.1) is 19.3 Å². The highest BCUT2D eigenvalue weighted by atomic mass is 35.5. The first-order valence-electron chi connectivity index (χ1n) is 11.4. The average molecular weight is 488 g/mol. The Morgan fingerprint density at radius 1 is 1.09 bits per heavy atom. The zero-order chi connectivity index (χ0) is 24.5. The zero-order valence-electron chi connectivity index (χ0n) is 20.0. The maximum atomic E-state index is 12.9. The quantitative estimate of drug-likeness (QED) is 0.589. The SMILES string of the molecule is COc1ccc(C=CC(=O)N2CCC3(CCN(C(=O)c4c(C)noc4C)CC3)C2)c(Cl)c1OC. The molecular weight excluding hydrogens is 458 g/mol. The van der Waals surface area contributed by atoms with E-state index in [4.69, 9.17) is 25.6 Å². The molecule has 0 bridgehead atoms. The van der Waals surface area contributed by atoms with Crippen molar-refractivity contribution in [2.24, 2.45) is 5.41 Å². The van der Waals surface area contributed by atoms with Crippen LogP contribution in [0.3, 0.4) is 0 Å². The summed E-state index contributed by atoms with van der Waals surface area (Å²) in [7, 11) is 3.08. The number of carbonyl (C=O) groups is 2. The first-order valence-corrected chi connectivity index (χ1v) is 11.8. The molecule has 1 spiro atoms. The smallest absolute Gasteiger partial charge is 0.259 e. The Morgan fingerprint density at radius 3 is 2.35 bits per heavy atom.